The molecule has 9 nitrogen and oxygen atoms in total. The largest absolute Gasteiger partial charge is 0.497 e. The predicted octanol–water partition coefficient (Wildman–Crippen LogP) is 2.27. The Hall–Kier alpha value is -2.78. The molecule has 1 aliphatic rings. The number of nitrogens with one attached hydrogen (secondary N) is 1. The molecule has 9 heteroatoms. The standard InChI is InChI=1S/C24H35N5O4/c1-28-12-5-13-29(15-14-28)24-26-22-16-20(33-2)9-10-21(22)23(27-24)25-11-4-8-18(31)6-3-7-19(32)17-30/h9-10,16,30H,3-8,11-15,17H2,1-2H3,(H,25,26,27). The van der Waals surface area contributed by atoms with E-state index in [1.807, 2.05) is 18.2 Å². The highest BCUT2D eigenvalue weighted by Gasteiger charge is 2.17. The van der Waals surface area contributed by atoms with Crippen molar-refractivity contribution in [2.75, 3.05) is 63.7 Å². The van der Waals surface area contributed by atoms with E-state index in [2.05, 4.69) is 22.2 Å². The summed E-state index contributed by atoms with van der Waals surface area (Å²) in [6, 6.07) is 5.78. The number of aliphatic hydroxyl groups excluding tert-OH is 1. The lowest BCUT2D eigenvalue weighted by molar-refractivity contribution is -0.122. The van der Waals surface area contributed by atoms with E-state index < -0.39 is 6.61 Å². The summed E-state index contributed by atoms with van der Waals surface area (Å²) < 4.78 is 5.39. The Morgan fingerprint density at radius 1 is 1.06 bits per heavy atom. The Morgan fingerprint density at radius 2 is 1.85 bits per heavy atom. The number of anilines is 2. The van der Waals surface area contributed by atoms with Crippen molar-refractivity contribution >= 4 is 34.2 Å². The van der Waals surface area contributed by atoms with Crippen LogP contribution in [-0.4, -0.2) is 85.0 Å². The van der Waals surface area contributed by atoms with E-state index in [4.69, 9.17) is 19.8 Å². The predicted molar refractivity (Wildman–Crippen MR) is 129 cm³/mol. The molecule has 0 spiro atoms. The molecule has 2 N–H and O–H groups in total. The fourth-order valence-electron chi connectivity index (χ4n) is 3.93. The first kappa shape index (κ1) is 24.9. The lowest BCUT2D eigenvalue weighted by Gasteiger charge is -2.22. The fourth-order valence-corrected chi connectivity index (χ4v) is 3.93. The number of ether oxygens (including phenoxy) is 1. The van der Waals surface area contributed by atoms with Crippen LogP contribution < -0.4 is 15.0 Å². The van der Waals surface area contributed by atoms with Crippen LogP contribution in [0.1, 0.15) is 38.5 Å². The van der Waals surface area contributed by atoms with Gasteiger partial charge in [0.25, 0.3) is 0 Å². The second-order valence-electron chi connectivity index (χ2n) is 8.52. The molecule has 180 valence electrons. The minimum Gasteiger partial charge on any atom is -0.497 e. The van der Waals surface area contributed by atoms with Crippen LogP contribution in [0.4, 0.5) is 11.8 Å². The molecule has 33 heavy (non-hydrogen) atoms. The zero-order valence-corrected chi connectivity index (χ0v) is 19.7. The second kappa shape index (κ2) is 12.5. The van der Waals surface area contributed by atoms with Crippen LogP contribution in [0.5, 0.6) is 5.75 Å². The van der Waals surface area contributed by atoms with E-state index in [1.165, 1.54) is 0 Å². The van der Waals surface area contributed by atoms with Crippen molar-refractivity contribution in [3.05, 3.63) is 18.2 Å². The molecule has 0 radical (unpaired) electrons. The fraction of sp³-hybridized carbons (Fsp3) is 0.583. The third-order valence-corrected chi connectivity index (χ3v) is 5.91. The Labute approximate surface area is 195 Å². The first-order chi connectivity index (χ1) is 16.0. The van der Waals surface area contributed by atoms with E-state index in [-0.39, 0.29) is 18.0 Å². The van der Waals surface area contributed by atoms with Gasteiger partial charge in [0.15, 0.2) is 5.78 Å². The number of rotatable bonds is 12. The van der Waals surface area contributed by atoms with Gasteiger partial charge in [-0.05, 0) is 45.0 Å². The highest BCUT2D eigenvalue weighted by molar-refractivity contribution is 5.91. The SMILES string of the molecule is COc1ccc2c(NCCCC(=O)CCCC(=O)CO)nc(N3CCCN(C)CC3)nc2c1. The van der Waals surface area contributed by atoms with Gasteiger partial charge in [-0.25, -0.2) is 4.98 Å². The van der Waals surface area contributed by atoms with Crippen molar-refractivity contribution in [1.82, 2.24) is 14.9 Å². The van der Waals surface area contributed by atoms with Crippen LogP contribution >= 0.6 is 0 Å². The van der Waals surface area contributed by atoms with Gasteiger partial charge in [-0.15, -0.1) is 0 Å². The Bertz CT molecular complexity index is 952. The van der Waals surface area contributed by atoms with Crippen molar-refractivity contribution in [3.8, 4) is 5.75 Å². The van der Waals surface area contributed by atoms with E-state index in [0.717, 1.165) is 55.1 Å². The number of likely N-dealkylation sites (N-methyl/N-ethyl adjacent to an activating group) is 1. The van der Waals surface area contributed by atoms with Crippen LogP contribution in [0.3, 0.4) is 0 Å². The average molecular weight is 458 g/mol. The molecule has 2 aromatic rings. The minimum absolute atomic E-state index is 0.134. The van der Waals surface area contributed by atoms with E-state index >= 15 is 0 Å². The maximum atomic E-state index is 12.1. The molecule has 0 amide bonds. The zero-order valence-electron chi connectivity index (χ0n) is 19.7. The number of Topliss-reactive ketones (excluding diaryl/α,β-unsaturated/α-hetero) is 2. The van der Waals surface area contributed by atoms with Gasteiger partial charge < -0.3 is 25.0 Å². The Morgan fingerprint density at radius 3 is 2.64 bits per heavy atom. The summed E-state index contributed by atoms with van der Waals surface area (Å²) >= 11 is 0. The molecule has 0 saturated carbocycles. The summed E-state index contributed by atoms with van der Waals surface area (Å²) in [7, 11) is 3.78. The number of aromatic nitrogens is 2. The van der Waals surface area contributed by atoms with Crippen molar-refractivity contribution in [1.29, 1.82) is 0 Å². The number of carbonyl (C=O) groups excluding carboxylic acids is 2. The van der Waals surface area contributed by atoms with Crippen molar-refractivity contribution < 1.29 is 19.4 Å². The second-order valence-corrected chi connectivity index (χ2v) is 8.52. The molecule has 0 aliphatic carbocycles. The number of ketones is 2. The number of methoxy groups -OCH3 is 1. The summed E-state index contributed by atoms with van der Waals surface area (Å²) in [5.74, 6) is 2.13. The van der Waals surface area contributed by atoms with Gasteiger partial charge in [0.05, 0.1) is 12.6 Å². The number of carbonyl (C=O) groups is 2. The van der Waals surface area contributed by atoms with E-state index in [9.17, 15) is 9.59 Å². The van der Waals surface area contributed by atoms with Crippen molar-refractivity contribution in [2.24, 2.45) is 0 Å². The third-order valence-electron chi connectivity index (χ3n) is 5.91. The summed E-state index contributed by atoms with van der Waals surface area (Å²) in [5.41, 5.74) is 0.823. The third kappa shape index (κ3) is 7.36. The summed E-state index contributed by atoms with van der Waals surface area (Å²) in [5, 5.41) is 13.1. The van der Waals surface area contributed by atoms with Crippen LogP contribution in [0, 0.1) is 0 Å². The molecule has 2 heterocycles. The number of aliphatic hydroxyl groups is 1. The van der Waals surface area contributed by atoms with E-state index in [1.54, 1.807) is 7.11 Å². The van der Waals surface area contributed by atoms with Crippen LogP contribution in [-0.2, 0) is 9.59 Å². The molecular formula is C24H35N5O4. The molecule has 1 saturated heterocycles. The minimum atomic E-state index is -0.451. The van der Waals surface area contributed by atoms with Gasteiger partial charge in [-0.2, -0.15) is 4.98 Å². The normalized spacial score (nSPS) is 14.8. The lowest BCUT2D eigenvalue weighted by atomic mass is 10.1. The van der Waals surface area contributed by atoms with Crippen molar-refractivity contribution in [3.63, 3.8) is 0 Å². The van der Waals surface area contributed by atoms with Gasteiger partial charge in [0.1, 0.15) is 24.0 Å². The van der Waals surface area contributed by atoms with Crippen LogP contribution in [0.15, 0.2) is 18.2 Å². The highest BCUT2D eigenvalue weighted by Crippen LogP contribution is 2.27. The first-order valence-corrected chi connectivity index (χ1v) is 11.7. The lowest BCUT2D eigenvalue weighted by Crippen LogP contribution is -2.30. The van der Waals surface area contributed by atoms with Gasteiger partial charge in [-0.3, -0.25) is 9.59 Å². The van der Waals surface area contributed by atoms with Crippen LogP contribution in [0.2, 0.25) is 0 Å². The summed E-state index contributed by atoms with van der Waals surface area (Å²) in [6.45, 7) is 3.97. The summed E-state index contributed by atoms with van der Waals surface area (Å²) in [4.78, 5) is 37.4. The molecule has 0 atom stereocenters. The molecule has 1 aromatic heterocycles. The number of hydrogen-bond acceptors (Lipinski definition) is 9. The van der Waals surface area contributed by atoms with Gasteiger partial charge >= 0.3 is 0 Å². The summed E-state index contributed by atoms with van der Waals surface area (Å²) in [6.07, 6.45) is 3.31. The topological polar surface area (TPSA) is 108 Å². The number of benzene rings is 1. The molecule has 0 bridgehead atoms. The number of nitrogens with zero attached hydrogens (tertiary/aromatic N) is 4. The average Bonchev–Trinajstić information content (AvgIpc) is 3.05. The number of fused-ring (bicyclic) bond motifs is 1. The quantitative estimate of drug-likeness (QED) is 0.464. The van der Waals surface area contributed by atoms with Crippen LogP contribution in [0.25, 0.3) is 10.9 Å². The molecular weight excluding hydrogens is 422 g/mol. The molecule has 0 unspecified atom stereocenters. The van der Waals surface area contributed by atoms with E-state index in [0.29, 0.717) is 38.2 Å². The molecule has 1 aliphatic heterocycles. The Kier molecular flexibility index (Phi) is 9.38. The van der Waals surface area contributed by atoms with Gasteiger partial charge in [-0.1, -0.05) is 0 Å². The molecule has 1 fully saturated rings. The smallest absolute Gasteiger partial charge is 0.227 e. The maximum Gasteiger partial charge on any atom is 0.227 e. The zero-order chi connectivity index (χ0) is 23.6. The molecule has 1 aromatic carbocycles. The number of hydrogen-bond donors (Lipinski definition) is 2. The first-order valence-electron chi connectivity index (χ1n) is 11.7. The highest BCUT2D eigenvalue weighted by atomic mass is 16.5. The maximum absolute atomic E-state index is 12.1. The van der Waals surface area contributed by atoms with Gasteiger partial charge in [0.2, 0.25) is 5.95 Å². The van der Waals surface area contributed by atoms with Crippen molar-refractivity contribution in [2.45, 2.75) is 38.5 Å². The molecule has 3 rings (SSSR count). The Balaban J connectivity index is 1.65. The monoisotopic (exact) mass is 457 g/mol. The van der Waals surface area contributed by atoms with Gasteiger partial charge in [0, 0.05) is 56.9 Å².